The fourth-order valence-corrected chi connectivity index (χ4v) is 1.88. The molecule has 0 N–H and O–H groups in total. The summed E-state index contributed by atoms with van der Waals surface area (Å²) in [5, 5.41) is 0. The Morgan fingerprint density at radius 1 is 1.05 bits per heavy atom. The van der Waals surface area contributed by atoms with Gasteiger partial charge in [-0.05, 0) is 24.6 Å². The van der Waals surface area contributed by atoms with Crippen LogP contribution in [0.15, 0.2) is 18.2 Å². The Labute approximate surface area is 121 Å². The van der Waals surface area contributed by atoms with Crippen molar-refractivity contribution in [2.45, 2.75) is 41.0 Å². The number of halogens is 2. The summed E-state index contributed by atoms with van der Waals surface area (Å²) in [6, 6.07) is 5.24. The molecule has 0 radical (unpaired) electrons. The van der Waals surface area contributed by atoms with E-state index in [-0.39, 0.29) is 5.56 Å². The zero-order valence-electron chi connectivity index (χ0n) is 13.2. The standard InChI is InChI=1S/C12H15F2NO.2C2H6/c1-9-2-3-10(8-11(9)12(13)14)15-4-6-16-7-5-15;2*1-2/h2-3,8,12H,4-7H2,1H3;2*1-2H3. The summed E-state index contributed by atoms with van der Waals surface area (Å²) in [6.07, 6.45) is -2.40. The van der Waals surface area contributed by atoms with Crippen LogP contribution >= 0.6 is 0 Å². The fraction of sp³-hybridized carbons (Fsp3) is 0.625. The average molecular weight is 287 g/mol. The van der Waals surface area contributed by atoms with Gasteiger partial charge in [0, 0.05) is 24.3 Å². The summed E-state index contributed by atoms with van der Waals surface area (Å²) in [4.78, 5) is 2.08. The van der Waals surface area contributed by atoms with E-state index in [1.165, 1.54) is 0 Å². The molecule has 0 amide bonds. The molecule has 0 aliphatic carbocycles. The molecule has 0 atom stereocenters. The smallest absolute Gasteiger partial charge is 0.264 e. The summed E-state index contributed by atoms with van der Waals surface area (Å²) in [7, 11) is 0. The van der Waals surface area contributed by atoms with E-state index in [0.29, 0.717) is 18.8 Å². The zero-order chi connectivity index (χ0) is 15.5. The Morgan fingerprint density at radius 3 is 2.10 bits per heavy atom. The van der Waals surface area contributed by atoms with E-state index in [1.807, 2.05) is 33.8 Å². The molecule has 116 valence electrons. The summed E-state index contributed by atoms with van der Waals surface area (Å²) in [6.45, 7) is 12.6. The molecule has 2 rings (SSSR count). The maximum Gasteiger partial charge on any atom is 0.264 e. The molecule has 1 aromatic carbocycles. The van der Waals surface area contributed by atoms with E-state index >= 15 is 0 Å². The molecule has 2 nitrogen and oxygen atoms in total. The number of rotatable bonds is 2. The largest absolute Gasteiger partial charge is 0.378 e. The molecular formula is C16H27F2NO. The van der Waals surface area contributed by atoms with Gasteiger partial charge in [0.1, 0.15) is 0 Å². The minimum absolute atomic E-state index is 0.129. The van der Waals surface area contributed by atoms with E-state index in [0.717, 1.165) is 18.8 Å². The Morgan fingerprint density at radius 2 is 1.60 bits per heavy atom. The Balaban J connectivity index is 0.000000829. The summed E-state index contributed by atoms with van der Waals surface area (Å²) >= 11 is 0. The van der Waals surface area contributed by atoms with Crippen molar-refractivity contribution in [2.24, 2.45) is 0 Å². The van der Waals surface area contributed by atoms with Crippen molar-refractivity contribution in [1.29, 1.82) is 0 Å². The second-order valence-electron chi connectivity index (χ2n) is 3.94. The van der Waals surface area contributed by atoms with Crippen LogP contribution in [0.3, 0.4) is 0 Å². The van der Waals surface area contributed by atoms with E-state index in [2.05, 4.69) is 4.90 Å². The number of nitrogens with zero attached hydrogens (tertiary/aromatic N) is 1. The minimum Gasteiger partial charge on any atom is -0.378 e. The van der Waals surface area contributed by atoms with Gasteiger partial charge in [-0.1, -0.05) is 33.8 Å². The van der Waals surface area contributed by atoms with Crippen LogP contribution in [0, 0.1) is 6.92 Å². The number of aryl methyl sites for hydroxylation is 1. The molecule has 20 heavy (non-hydrogen) atoms. The van der Waals surface area contributed by atoms with Gasteiger partial charge in [-0.3, -0.25) is 0 Å². The first-order valence-electron chi connectivity index (χ1n) is 7.40. The number of ether oxygens (including phenoxy) is 1. The SMILES string of the molecule is CC.CC.Cc1ccc(N2CCOCC2)cc1C(F)F. The van der Waals surface area contributed by atoms with Gasteiger partial charge in [0.25, 0.3) is 6.43 Å². The zero-order valence-corrected chi connectivity index (χ0v) is 13.2. The molecule has 0 spiro atoms. The van der Waals surface area contributed by atoms with Crippen molar-refractivity contribution in [3.05, 3.63) is 29.3 Å². The van der Waals surface area contributed by atoms with Crippen molar-refractivity contribution in [3.8, 4) is 0 Å². The summed E-state index contributed by atoms with van der Waals surface area (Å²) in [5.41, 5.74) is 1.64. The lowest BCUT2D eigenvalue weighted by Crippen LogP contribution is -2.36. The quantitative estimate of drug-likeness (QED) is 0.773. The van der Waals surface area contributed by atoms with Crippen LogP contribution < -0.4 is 4.90 Å². The minimum atomic E-state index is -2.40. The van der Waals surface area contributed by atoms with Crippen molar-refractivity contribution in [1.82, 2.24) is 0 Å². The van der Waals surface area contributed by atoms with Crippen LogP contribution in [0.5, 0.6) is 0 Å². The number of morpholine rings is 1. The highest BCUT2D eigenvalue weighted by atomic mass is 19.3. The van der Waals surface area contributed by atoms with Crippen molar-refractivity contribution in [3.63, 3.8) is 0 Å². The van der Waals surface area contributed by atoms with Crippen LogP contribution in [0.4, 0.5) is 14.5 Å². The van der Waals surface area contributed by atoms with Crippen LogP contribution in [0.1, 0.15) is 45.2 Å². The van der Waals surface area contributed by atoms with Crippen molar-refractivity contribution in [2.75, 3.05) is 31.2 Å². The lowest BCUT2D eigenvalue weighted by atomic mass is 10.1. The molecule has 0 unspecified atom stereocenters. The van der Waals surface area contributed by atoms with Crippen LogP contribution in [-0.2, 0) is 4.74 Å². The summed E-state index contributed by atoms with van der Waals surface area (Å²) in [5.74, 6) is 0. The highest BCUT2D eigenvalue weighted by molar-refractivity contribution is 5.51. The van der Waals surface area contributed by atoms with Crippen LogP contribution in [0.2, 0.25) is 0 Å². The van der Waals surface area contributed by atoms with E-state index in [1.54, 1.807) is 19.1 Å². The maximum absolute atomic E-state index is 12.7. The molecule has 1 heterocycles. The topological polar surface area (TPSA) is 12.5 Å². The lowest BCUT2D eigenvalue weighted by Gasteiger charge is -2.29. The second kappa shape index (κ2) is 10.6. The number of alkyl halides is 2. The number of hydrogen-bond donors (Lipinski definition) is 0. The first-order valence-corrected chi connectivity index (χ1v) is 7.40. The highest BCUT2D eigenvalue weighted by Crippen LogP contribution is 2.27. The number of hydrogen-bond acceptors (Lipinski definition) is 2. The molecule has 4 heteroatoms. The van der Waals surface area contributed by atoms with Gasteiger partial charge in [-0.25, -0.2) is 8.78 Å². The van der Waals surface area contributed by atoms with Crippen LogP contribution in [0.25, 0.3) is 0 Å². The highest BCUT2D eigenvalue weighted by Gasteiger charge is 2.15. The van der Waals surface area contributed by atoms with Gasteiger partial charge in [-0.15, -0.1) is 0 Å². The fourth-order valence-electron chi connectivity index (χ4n) is 1.88. The van der Waals surface area contributed by atoms with Gasteiger partial charge in [0.15, 0.2) is 0 Å². The van der Waals surface area contributed by atoms with Gasteiger partial charge >= 0.3 is 0 Å². The lowest BCUT2D eigenvalue weighted by molar-refractivity contribution is 0.122. The van der Waals surface area contributed by atoms with Gasteiger partial charge in [-0.2, -0.15) is 0 Å². The molecule has 1 fully saturated rings. The molecule has 1 aliphatic heterocycles. The molecule has 0 aromatic heterocycles. The van der Waals surface area contributed by atoms with E-state index in [9.17, 15) is 8.78 Å². The van der Waals surface area contributed by atoms with Crippen molar-refractivity contribution >= 4 is 5.69 Å². The average Bonchev–Trinajstić information content (AvgIpc) is 2.52. The molecule has 1 aliphatic rings. The number of benzene rings is 1. The summed E-state index contributed by atoms with van der Waals surface area (Å²) < 4.78 is 30.7. The predicted molar refractivity (Wildman–Crippen MR) is 81.9 cm³/mol. The first-order chi connectivity index (χ1) is 9.68. The Bertz CT molecular complexity index is 363. The monoisotopic (exact) mass is 287 g/mol. The van der Waals surface area contributed by atoms with Gasteiger partial charge in [0.2, 0.25) is 0 Å². The van der Waals surface area contributed by atoms with Gasteiger partial charge in [0.05, 0.1) is 13.2 Å². The molecule has 1 aromatic rings. The molecule has 0 saturated carbocycles. The molecular weight excluding hydrogens is 260 g/mol. The third kappa shape index (κ3) is 5.45. The van der Waals surface area contributed by atoms with Crippen molar-refractivity contribution < 1.29 is 13.5 Å². The van der Waals surface area contributed by atoms with E-state index < -0.39 is 6.43 Å². The van der Waals surface area contributed by atoms with E-state index in [4.69, 9.17) is 4.74 Å². The predicted octanol–water partition coefficient (Wildman–Crippen LogP) is 4.82. The van der Waals surface area contributed by atoms with Crippen LogP contribution in [-0.4, -0.2) is 26.3 Å². The molecule has 0 bridgehead atoms. The third-order valence-electron chi connectivity index (χ3n) is 2.87. The molecule has 1 saturated heterocycles. The Hall–Kier alpha value is -1.16. The number of anilines is 1. The van der Waals surface area contributed by atoms with Gasteiger partial charge < -0.3 is 9.64 Å². The normalized spacial score (nSPS) is 14.1. The second-order valence-corrected chi connectivity index (χ2v) is 3.94. The Kier molecular flexibility index (Phi) is 9.99. The first kappa shape index (κ1) is 18.8. The maximum atomic E-state index is 12.7. The third-order valence-corrected chi connectivity index (χ3v) is 2.87.